The Labute approximate surface area is 166 Å². The summed E-state index contributed by atoms with van der Waals surface area (Å²) in [6, 6.07) is 15.6. The van der Waals surface area contributed by atoms with Gasteiger partial charge in [-0.15, -0.1) is 0 Å². The molecule has 3 aromatic rings. The molecule has 0 aliphatic rings. The van der Waals surface area contributed by atoms with Crippen molar-refractivity contribution in [2.45, 2.75) is 6.42 Å². The molecular weight excluding hydrogens is 408 g/mol. The van der Waals surface area contributed by atoms with Gasteiger partial charge in [-0.3, -0.25) is 9.48 Å². The number of nitrogens with zero attached hydrogens (tertiary/aromatic N) is 3. The van der Waals surface area contributed by atoms with Gasteiger partial charge in [-0.1, -0.05) is 24.3 Å². The molecule has 0 spiro atoms. The molecule has 0 unspecified atom stereocenters. The lowest BCUT2D eigenvalue weighted by atomic mass is 10.1. The van der Waals surface area contributed by atoms with Gasteiger partial charge in [0.15, 0.2) is 0 Å². The molecule has 0 radical (unpaired) electrons. The van der Waals surface area contributed by atoms with Gasteiger partial charge in [-0.25, -0.2) is 10.4 Å². The predicted molar refractivity (Wildman–Crippen MR) is 110 cm³/mol. The summed E-state index contributed by atoms with van der Waals surface area (Å²) in [5.74, 6) is 0.832. The molecule has 0 aliphatic carbocycles. The number of amides is 1. The summed E-state index contributed by atoms with van der Waals surface area (Å²) in [5.41, 5.74) is 6.85. The molecule has 0 bridgehead atoms. The highest BCUT2D eigenvalue weighted by atomic mass is 79.9. The Bertz CT molecular complexity index is 909. The van der Waals surface area contributed by atoms with E-state index in [1.807, 2.05) is 61.8 Å². The molecule has 1 aromatic heterocycles. The average Bonchev–Trinajstić information content (AvgIpc) is 3.04. The van der Waals surface area contributed by atoms with Gasteiger partial charge in [-0.2, -0.15) is 5.10 Å². The maximum Gasteiger partial charge on any atom is 0.228 e. The average molecular weight is 429 g/mol. The van der Waals surface area contributed by atoms with Gasteiger partial charge in [0.1, 0.15) is 11.4 Å². The summed E-state index contributed by atoms with van der Waals surface area (Å²) >= 11 is 3.52. The first kappa shape index (κ1) is 19.1. The SMILES string of the molecule is COc1ccc(CCNN(C=O)c2cccc(-c3nn(C)cc3Br)c2)cc1. The number of anilines is 1. The Morgan fingerprint density at radius 3 is 2.67 bits per heavy atom. The van der Waals surface area contributed by atoms with Crippen LogP contribution in [0.15, 0.2) is 59.2 Å². The molecule has 0 saturated carbocycles. The van der Waals surface area contributed by atoms with Gasteiger partial charge in [0.2, 0.25) is 6.41 Å². The van der Waals surface area contributed by atoms with Gasteiger partial charge in [0.05, 0.1) is 17.3 Å². The third-order valence-corrected chi connectivity index (χ3v) is 4.72. The van der Waals surface area contributed by atoms with E-state index in [-0.39, 0.29) is 0 Å². The Morgan fingerprint density at radius 2 is 2.04 bits per heavy atom. The van der Waals surface area contributed by atoms with E-state index < -0.39 is 0 Å². The minimum Gasteiger partial charge on any atom is -0.497 e. The highest BCUT2D eigenvalue weighted by Crippen LogP contribution is 2.28. The standard InChI is InChI=1S/C20H21BrN4O2/c1-24-13-19(21)20(23-24)16-4-3-5-17(12-16)25(14-26)22-11-10-15-6-8-18(27-2)9-7-15/h3-9,12-14,22H,10-11H2,1-2H3. The van der Waals surface area contributed by atoms with Crippen LogP contribution >= 0.6 is 15.9 Å². The van der Waals surface area contributed by atoms with E-state index in [4.69, 9.17) is 4.74 Å². The van der Waals surface area contributed by atoms with Crippen LogP contribution in [0, 0.1) is 0 Å². The van der Waals surface area contributed by atoms with Crippen molar-refractivity contribution in [2.24, 2.45) is 7.05 Å². The lowest BCUT2D eigenvalue weighted by Gasteiger charge is -2.19. The monoisotopic (exact) mass is 428 g/mol. The van der Waals surface area contributed by atoms with Crippen LogP contribution < -0.4 is 15.2 Å². The molecule has 0 fully saturated rings. The lowest BCUT2D eigenvalue weighted by Crippen LogP contribution is -2.38. The van der Waals surface area contributed by atoms with Crippen LogP contribution in [0.5, 0.6) is 5.75 Å². The minimum absolute atomic E-state index is 0.628. The summed E-state index contributed by atoms with van der Waals surface area (Å²) in [7, 11) is 3.52. The number of carbonyl (C=O) groups is 1. The molecule has 0 aliphatic heterocycles. The van der Waals surface area contributed by atoms with Crippen LogP contribution in [0.2, 0.25) is 0 Å². The van der Waals surface area contributed by atoms with Crippen molar-refractivity contribution in [3.05, 3.63) is 64.8 Å². The van der Waals surface area contributed by atoms with Crippen LogP contribution in [0.4, 0.5) is 5.69 Å². The van der Waals surface area contributed by atoms with Gasteiger partial charge in [0, 0.05) is 25.4 Å². The second kappa shape index (κ2) is 8.83. The van der Waals surface area contributed by atoms with E-state index in [2.05, 4.69) is 26.5 Å². The van der Waals surface area contributed by atoms with Gasteiger partial charge in [-0.05, 0) is 52.2 Å². The van der Waals surface area contributed by atoms with Crippen molar-refractivity contribution in [3.63, 3.8) is 0 Å². The summed E-state index contributed by atoms with van der Waals surface area (Å²) in [5, 5.41) is 5.94. The summed E-state index contributed by atoms with van der Waals surface area (Å²) in [4.78, 5) is 11.6. The van der Waals surface area contributed by atoms with E-state index in [9.17, 15) is 4.79 Å². The third kappa shape index (κ3) is 4.75. The Kier molecular flexibility index (Phi) is 6.26. The van der Waals surface area contributed by atoms with E-state index in [0.717, 1.165) is 40.0 Å². The Hall–Kier alpha value is -2.64. The van der Waals surface area contributed by atoms with Crippen molar-refractivity contribution in [1.29, 1.82) is 0 Å². The number of hydrogen-bond donors (Lipinski definition) is 1. The van der Waals surface area contributed by atoms with Crippen molar-refractivity contribution in [2.75, 3.05) is 18.7 Å². The zero-order valence-electron chi connectivity index (χ0n) is 15.2. The molecule has 2 aromatic carbocycles. The number of carbonyl (C=O) groups excluding carboxylic acids is 1. The smallest absolute Gasteiger partial charge is 0.228 e. The number of aromatic nitrogens is 2. The number of hydrazine groups is 1. The van der Waals surface area contributed by atoms with Gasteiger partial charge in [0.25, 0.3) is 0 Å². The Morgan fingerprint density at radius 1 is 1.26 bits per heavy atom. The van der Waals surface area contributed by atoms with E-state index in [1.54, 1.807) is 11.8 Å². The number of rotatable bonds is 8. The molecule has 1 N–H and O–H groups in total. The first-order valence-electron chi connectivity index (χ1n) is 8.51. The molecule has 6 nitrogen and oxygen atoms in total. The maximum absolute atomic E-state index is 11.6. The fourth-order valence-electron chi connectivity index (χ4n) is 2.76. The maximum atomic E-state index is 11.6. The molecule has 7 heteroatoms. The van der Waals surface area contributed by atoms with Crippen LogP contribution in [0.25, 0.3) is 11.3 Å². The zero-order chi connectivity index (χ0) is 19.2. The van der Waals surface area contributed by atoms with Crippen LogP contribution in [-0.2, 0) is 18.3 Å². The molecular formula is C20H21BrN4O2. The normalized spacial score (nSPS) is 10.6. The molecule has 3 rings (SSSR count). The van der Waals surface area contributed by atoms with Crippen LogP contribution in [0.3, 0.4) is 0 Å². The molecule has 27 heavy (non-hydrogen) atoms. The summed E-state index contributed by atoms with van der Waals surface area (Å²) < 4.78 is 7.82. The van der Waals surface area contributed by atoms with E-state index >= 15 is 0 Å². The molecule has 0 atom stereocenters. The Balaban J connectivity index is 1.67. The molecule has 1 heterocycles. The van der Waals surface area contributed by atoms with Crippen molar-refractivity contribution in [1.82, 2.24) is 15.2 Å². The number of halogens is 1. The number of ether oxygens (including phenoxy) is 1. The first-order valence-corrected chi connectivity index (χ1v) is 9.30. The number of methoxy groups -OCH3 is 1. The fourth-order valence-corrected chi connectivity index (χ4v) is 3.37. The van der Waals surface area contributed by atoms with Crippen LogP contribution in [-0.4, -0.2) is 29.8 Å². The second-order valence-electron chi connectivity index (χ2n) is 6.03. The van der Waals surface area contributed by atoms with Gasteiger partial charge >= 0.3 is 0 Å². The third-order valence-electron chi connectivity index (χ3n) is 4.14. The highest BCUT2D eigenvalue weighted by Gasteiger charge is 2.11. The van der Waals surface area contributed by atoms with E-state index in [0.29, 0.717) is 6.54 Å². The summed E-state index contributed by atoms with van der Waals surface area (Å²) in [6.45, 7) is 0.628. The fraction of sp³-hybridized carbons (Fsp3) is 0.200. The van der Waals surface area contributed by atoms with Crippen molar-refractivity contribution >= 4 is 28.0 Å². The molecule has 140 valence electrons. The summed E-state index contributed by atoms with van der Waals surface area (Å²) in [6.07, 6.45) is 3.47. The minimum atomic E-state index is 0.628. The molecule has 1 amide bonds. The first-order chi connectivity index (χ1) is 13.1. The molecule has 0 saturated heterocycles. The zero-order valence-corrected chi connectivity index (χ0v) is 16.8. The quantitative estimate of drug-likeness (QED) is 0.440. The number of benzene rings is 2. The van der Waals surface area contributed by atoms with Crippen LogP contribution in [0.1, 0.15) is 5.56 Å². The van der Waals surface area contributed by atoms with Gasteiger partial charge < -0.3 is 4.74 Å². The van der Waals surface area contributed by atoms with Crippen molar-refractivity contribution in [3.8, 4) is 17.0 Å². The lowest BCUT2D eigenvalue weighted by molar-refractivity contribution is -0.108. The predicted octanol–water partition coefficient (Wildman–Crippen LogP) is 3.57. The highest BCUT2D eigenvalue weighted by molar-refractivity contribution is 9.10. The topological polar surface area (TPSA) is 59.4 Å². The van der Waals surface area contributed by atoms with E-state index in [1.165, 1.54) is 10.6 Å². The largest absolute Gasteiger partial charge is 0.497 e. The van der Waals surface area contributed by atoms with Crippen molar-refractivity contribution < 1.29 is 9.53 Å². The number of hydrogen-bond acceptors (Lipinski definition) is 4. The number of aryl methyl sites for hydroxylation is 1. The number of nitrogens with one attached hydrogen (secondary N) is 1. The second-order valence-corrected chi connectivity index (χ2v) is 6.89.